The first kappa shape index (κ1) is 17.0. The number of aryl methyl sites for hydroxylation is 2. The van der Waals surface area contributed by atoms with Crippen LogP contribution in [-0.4, -0.2) is 0 Å². The second-order valence-corrected chi connectivity index (χ2v) is 5.33. The molecule has 0 unspecified atom stereocenters. The average Bonchev–Trinajstić information content (AvgIpc) is 2.47. The Morgan fingerprint density at radius 3 is 2.57 bits per heavy atom. The molecule has 1 aromatic rings. The highest BCUT2D eigenvalue weighted by Crippen LogP contribution is 2.24. The third kappa shape index (κ3) is 5.07. The van der Waals surface area contributed by atoms with Gasteiger partial charge in [0.05, 0.1) is 0 Å². The van der Waals surface area contributed by atoms with Gasteiger partial charge in [0.2, 0.25) is 0 Å². The third-order valence-electron chi connectivity index (χ3n) is 3.48. The summed E-state index contributed by atoms with van der Waals surface area (Å²) in [6.07, 6.45) is 11.4. The van der Waals surface area contributed by atoms with E-state index in [1.54, 1.807) is 0 Å². The minimum atomic E-state index is 1.02. The molecule has 0 saturated heterocycles. The van der Waals surface area contributed by atoms with Crippen molar-refractivity contribution in [2.45, 2.75) is 34.1 Å². The zero-order valence-electron chi connectivity index (χ0n) is 13.7. The Labute approximate surface area is 129 Å². The van der Waals surface area contributed by atoms with E-state index < -0.39 is 0 Å². The molecule has 0 heterocycles. The molecule has 0 atom stereocenters. The van der Waals surface area contributed by atoms with Gasteiger partial charge in [-0.05, 0) is 61.1 Å². The van der Waals surface area contributed by atoms with Gasteiger partial charge in [0, 0.05) is 0 Å². The smallest absolute Gasteiger partial charge is 0.0152 e. The van der Waals surface area contributed by atoms with Crippen molar-refractivity contribution >= 4 is 5.57 Å². The summed E-state index contributed by atoms with van der Waals surface area (Å²) in [6.45, 7) is 16.6. The molecule has 110 valence electrons. The molecule has 1 rings (SSSR count). The van der Waals surface area contributed by atoms with E-state index >= 15 is 0 Å². The van der Waals surface area contributed by atoms with Gasteiger partial charge in [0.15, 0.2) is 0 Å². The summed E-state index contributed by atoms with van der Waals surface area (Å²) in [5.41, 5.74) is 7.05. The lowest BCUT2D eigenvalue weighted by Crippen LogP contribution is -1.90. The Hall–Kier alpha value is -2.08. The zero-order chi connectivity index (χ0) is 15.8. The fourth-order valence-electron chi connectivity index (χ4n) is 2.05. The van der Waals surface area contributed by atoms with Crippen LogP contribution in [0.4, 0.5) is 0 Å². The summed E-state index contributed by atoms with van der Waals surface area (Å²) < 4.78 is 0. The van der Waals surface area contributed by atoms with E-state index in [4.69, 9.17) is 0 Å². The summed E-state index contributed by atoms with van der Waals surface area (Å²) in [5.74, 6) is 0. The van der Waals surface area contributed by atoms with E-state index in [1.165, 1.54) is 22.3 Å². The van der Waals surface area contributed by atoms with Crippen molar-refractivity contribution < 1.29 is 0 Å². The molecule has 21 heavy (non-hydrogen) atoms. The molecular weight excluding hydrogens is 252 g/mol. The molecule has 0 N–H and O–H groups in total. The maximum Gasteiger partial charge on any atom is -0.0152 e. The largest absolute Gasteiger partial charge is 0.0984 e. The molecule has 0 fully saturated rings. The summed E-state index contributed by atoms with van der Waals surface area (Å²) >= 11 is 0. The van der Waals surface area contributed by atoms with E-state index in [1.807, 2.05) is 6.08 Å². The van der Waals surface area contributed by atoms with Crippen molar-refractivity contribution in [3.8, 4) is 0 Å². The monoisotopic (exact) mass is 278 g/mol. The van der Waals surface area contributed by atoms with Gasteiger partial charge in [-0.15, -0.1) is 0 Å². The van der Waals surface area contributed by atoms with E-state index in [-0.39, 0.29) is 0 Å². The standard InChI is InChI=1S/C21H26/c1-7-9-10-11-17(4)19(6)15-20(8-2)21-14-16(3)12-13-18(21)5/h8-15H,2,6-7H2,1,3-5H3. The summed E-state index contributed by atoms with van der Waals surface area (Å²) in [7, 11) is 0. The SMILES string of the molecule is C=CC(=CC(=C)C(C)=CC=CCC)c1cc(C)ccc1C. The Kier molecular flexibility index (Phi) is 6.68. The zero-order valence-corrected chi connectivity index (χ0v) is 13.7. The van der Waals surface area contributed by atoms with Crippen LogP contribution in [0.3, 0.4) is 0 Å². The van der Waals surface area contributed by atoms with Gasteiger partial charge in [0.1, 0.15) is 0 Å². The van der Waals surface area contributed by atoms with Gasteiger partial charge in [-0.3, -0.25) is 0 Å². The second kappa shape index (κ2) is 8.26. The van der Waals surface area contributed by atoms with Crippen molar-refractivity contribution in [2.24, 2.45) is 0 Å². The van der Waals surface area contributed by atoms with Crippen LogP contribution in [0.25, 0.3) is 5.57 Å². The predicted molar refractivity (Wildman–Crippen MR) is 96.4 cm³/mol. The molecule has 0 aliphatic rings. The molecule has 0 heteroatoms. The van der Waals surface area contributed by atoms with Crippen LogP contribution in [0, 0.1) is 13.8 Å². The fraction of sp³-hybridized carbons (Fsp3) is 0.238. The third-order valence-corrected chi connectivity index (χ3v) is 3.48. The van der Waals surface area contributed by atoms with E-state index in [0.29, 0.717) is 0 Å². The average molecular weight is 278 g/mol. The van der Waals surface area contributed by atoms with Crippen LogP contribution >= 0.6 is 0 Å². The van der Waals surface area contributed by atoms with Crippen molar-refractivity contribution in [2.75, 3.05) is 0 Å². The lowest BCUT2D eigenvalue weighted by molar-refractivity contribution is 1.22. The molecule has 0 aromatic heterocycles. The maximum absolute atomic E-state index is 4.17. The van der Waals surface area contributed by atoms with Crippen LogP contribution in [0.5, 0.6) is 0 Å². The van der Waals surface area contributed by atoms with Crippen molar-refractivity contribution in [3.05, 3.63) is 89.6 Å². The van der Waals surface area contributed by atoms with Crippen molar-refractivity contribution in [1.82, 2.24) is 0 Å². The molecule has 0 bridgehead atoms. The first-order valence-electron chi connectivity index (χ1n) is 7.44. The Morgan fingerprint density at radius 1 is 1.24 bits per heavy atom. The van der Waals surface area contributed by atoms with E-state index in [2.05, 4.69) is 83.4 Å². The van der Waals surface area contributed by atoms with Crippen LogP contribution < -0.4 is 0 Å². The molecule has 1 aromatic carbocycles. The van der Waals surface area contributed by atoms with Gasteiger partial charge in [-0.2, -0.15) is 0 Å². The molecule has 0 aliphatic heterocycles. The second-order valence-electron chi connectivity index (χ2n) is 5.33. The minimum Gasteiger partial charge on any atom is -0.0984 e. The summed E-state index contributed by atoms with van der Waals surface area (Å²) in [4.78, 5) is 0. The predicted octanol–water partition coefficient (Wildman–Crippen LogP) is 6.34. The van der Waals surface area contributed by atoms with Gasteiger partial charge in [-0.25, -0.2) is 0 Å². The Bertz CT molecular complexity index is 607. The molecule has 0 nitrogen and oxygen atoms in total. The maximum atomic E-state index is 4.17. The highest BCUT2D eigenvalue weighted by molar-refractivity contribution is 5.78. The van der Waals surface area contributed by atoms with Gasteiger partial charge in [0.25, 0.3) is 0 Å². The summed E-state index contributed by atoms with van der Waals surface area (Å²) in [6, 6.07) is 6.48. The first-order valence-corrected chi connectivity index (χ1v) is 7.44. The summed E-state index contributed by atoms with van der Waals surface area (Å²) in [5, 5.41) is 0. The molecule has 0 radical (unpaired) electrons. The molecule has 0 amide bonds. The van der Waals surface area contributed by atoms with Crippen molar-refractivity contribution in [1.29, 1.82) is 0 Å². The number of allylic oxidation sites excluding steroid dienone is 8. The minimum absolute atomic E-state index is 1.02. The van der Waals surface area contributed by atoms with Crippen molar-refractivity contribution in [3.63, 3.8) is 0 Å². The van der Waals surface area contributed by atoms with E-state index in [0.717, 1.165) is 17.6 Å². The normalized spacial score (nSPS) is 12.8. The quantitative estimate of drug-likeness (QED) is 0.532. The fourth-order valence-corrected chi connectivity index (χ4v) is 2.05. The number of hydrogen-bond acceptors (Lipinski definition) is 0. The van der Waals surface area contributed by atoms with Crippen LogP contribution in [0.2, 0.25) is 0 Å². The van der Waals surface area contributed by atoms with Crippen LogP contribution in [0.15, 0.2) is 72.9 Å². The highest BCUT2D eigenvalue weighted by Gasteiger charge is 2.03. The Morgan fingerprint density at radius 2 is 1.95 bits per heavy atom. The van der Waals surface area contributed by atoms with Crippen LogP contribution in [0.1, 0.15) is 37.0 Å². The number of rotatable bonds is 6. The lowest BCUT2D eigenvalue weighted by Gasteiger charge is -2.10. The van der Waals surface area contributed by atoms with Gasteiger partial charge >= 0.3 is 0 Å². The molecule has 0 saturated carbocycles. The Balaban J connectivity index is 3.12. The van der Waals surface area contributed by atoms with Gasteiger partial charge in [-0.1, -0.05) is 68.1 Å². The van der Waals surface area contributed by atoms with Crippen LogP contribution in [-0.2, 0) is 0 Å². The molecular formula is C21H26. The highest BCUT2D eigenvalue weighted by atomic mass is 14.1. The van der Waals surface area contributed by atoms with Gasteiger partial charge < -0.3 is 0 Å². The number of benzene rings is 1. The lowest BCUT2D eigenvalue weighted by atomic mass is 9.95. The van der Waals surface area contributed by atoms with E-state index in [9.17, 15) is 0 Å². The molecule has 0 spiro atoms. The topological polar surface area (TPSA) is 0 Å². The molecule has 0 aliphatic carbocycles. The first-order chi connectivity index (χ1) is 9.99. The number of hydrogen-bond donors (Lipinski definition) is 0.